The summed E-state index contributed by atoms with van der Waals surface area (Å²) in [5.74, 6) is 0.231. The lowest BCUT2D eigenvalue weighted by atomic mass is 10.1. The first-order valence-electron chi connectivity index (χ1n) is 4.78. The van der Waals surface area contributed by atoms with Crippen molar-refractivity contribution in [2.45, 2.75) is 6.42 Å². The molecular weight excluding hydrogens is 210 g/mol. The summed E-state index contributed by atoms with van der Waals surface area (Å²) in [5, 5.41) is -0.115. The second-order valence-corrected chi connectivity index (χ2v) is 4.26. The van der Waals surface area contributed by atoms with E-state index in [9.17, 15) is 9.59 Å². The van der Waals surface area contributed by atoms with Crippen molar-refractivity contribution < 1.29 is 9.59 Å². The fourth-order valence-corrected chi connectivity index (χ4v) is 2.23. The number of nitrogens with zero attached hydrogens (tertiary/aromatic N) is 1. The van der Waals surface area contributed by atoms with Crippen molar-refractivity contribution in [2.75, 3.05) is 12.3 Å². The molecule has 1 aliphatic heterocycles. The summed E-state index contributed by atoms with van der Waals surface area (Å²) >= 11 is 1.09. The third kappa shape index (κ3) is 2.39. The molecule has 1 aliphatic rings. The van der Waals surface area contributed by atoms with Crippen molar-refractivity contribution in [1.82, 2.24) is 4.90 Å². The highest BCUT2D eigenvalue weighted by molar-refractivity contribution is 8.14. The minimum Gasteiger partial charge on any atom is -0.273 e. The molecule has 1 fully saturated rings. The lowest BCUT2D eigenvalue weighted by Gasteiger charge is -2.12. The molecule has 0 radical (unpaired) electrons. The van der Waals surface area contributed by atoms with Crippen LogP contribution in [0, 0.1) is 0 Å². The number of carbonyl (C=O) groups excluding carboxylic acids is 2. The van der Waals surface area contributed by atoms with Crippen molar-refractivity contribution in [2.24, 2.45) is 0 Å². The van der Waals surface area contributed by atoms with Gasteiger partial charge in [0.2, 0.25) is 5.91 Å². The molecule has 0 aliphatic carbocycles. The van der Waals surface area contributed by atoms with Gasteiger partial charge in [-0.2, -0.15) is 0 Å². The molecule has 4 heteroatoms. The van der Waals surface area contributed by atoms with E-state index < -0.39 is 0 Å². The maximum Gasteiger partial charge on any atom is 0.288 e. The van der Waals surface area contributed by atoms with E-state index in [1.807, 2.05) is 30.3 Å². The largest absolute Gasteiger partial charge is 0.288 e. The lowest BCUT2D eigenvalue weighted by Crippen LogP contribution is -2.30. The van der Waals surface area contributed by atoms with Crippen molar-refractivity contribution in [1.29, 1.82) is 0 Å². The number of amides is 2. The van der Waals surface area contributed by atoms with Crippen LogP contribution in [0.3, 0.4) is 0 Å². The summed E-state index contributed by atoms with van der Waals surface area (Å²) in [4.78, 5) is 23.9. The van der Waals surface area contributed by atoms with Crippen molar-refractivity contribution in [3.05, 3.63) is 35.9 Å². The van der Waals surface area contributed by atoms with E-state index in [1.54, 1.807) is 0 Å². The van der Waals surface area contributed by atoms with Crippen LogP contribution in [-0.4, -0.2) is 28.3 Å². The van der Waals surface area contributed by atoms with Crippen molar-refractivity contribution in [3.63, 3.8) is 0 Å². The molecule has 0 atom stereocenters. The first-order valence-corrected chi connectivity index (χ1v) is 5.77. The quantitative estimate of drug-likeness (QED) is 0.782. The molecule has 0 spiro atoms. The third-order valence-corrected chi connectivity index (χ3v) is 3.17. The highest BCUT2D eigenvalue weighted by Crippen LogP contribution is 2.18. The fourth-order valence-electron chi connectivity index (χ4n) is 1.48. The monoisotopic (exact) mass is 221 g/mol. The van der Waals surface area contributed by atoms with Crippen LogP contribution in [0.2, 0.25) is 0 Å². The molecule has 0 bridgehead atoms. The van der Waals surface area contributed by atoms with E-state index in [0.29, 0.717) is 12.3 Å². The highest BCUT2D eigenvalue weighted by Gasteiger charge is 2.29. The Kier molecular flexibility index (Phi) is 3.06. The van der Waals surface area contributed by atoms with Crippen LogP contribution < -0.4 is 0 Å². The van der Waals surface area contributed by atoms with Crippen LogP contribution in [0.1, 0.15) is 5.56 Å². The number of hydrogen-bond acceptors (Lipinski definition) is 3. The summed E-state index contributed by atoms with van der Waals surface area (Å²) in [6, 6.07) is 9.86. The van der Waals surface area contributed by atoms with Gasteiger partial charge < -0.3 is 0 Å². The van der Waals surface area contributed by atoms with Gasteiger partial charge in [0.1, 0.15) is 0 Å². The van der Waals surface area contributed by atoms with E-state index in [-0.39, 0.29) is 11.1 Å². The summed E-state index contributed by atoms with van der Waals surface area (Å²) in [6.07, 6.45) is 0.735. The van der Waals surface area contributed by atoms with Crippen LogP contribution in [0.5, 0.6) is 0 Å². The Morgan fingerprint density at radius 2 is 1.93 bits per heavy atom. The Bertz CT molecular complexity index is 361. The van der Waals surface area contributed by atoms with Crippen molar-refractivity contribution in [3.8, 4) is 0 Å². The fraction of sp³-hybridized carbons (Fsp3) is 0.273. The van der Waals surface area contributed by atoms with Crippen molar-refractivity contribution >= 4 is 22.9 Å². The molecule has 0 saturated carbocycles. The van der Waals surface area contributed by atoms with E-state index in [0.717, 1.165) is 23.7 Å². The zero-order valence-corrected chi connectivity index (χ0v) is 9.00. The normalized spacial score (nSPS) is 16.1. The molecule has 15 heavy (non-hydrogen) atoms. The van der Waals surface area contributed by atoms with Gasteiger partial charge in [-0.3, -0.25) is 14.5 Å². The van der Waals surface area contributed by atoms with Crippen LogP contribution in [0.15, 0.2) is 30.3 Å². The Morgan fingerprint density at radius 1 is 1.20 bits per heavy atom. The minimum atomic E-state index is -0.115. The minimum absolute atomic E-state index is 0.0686. The van der Waals surface area contributed by atoms with E-state index in [4.69, 9.17) is 0 Å². The molecule has 1 heterocycles. The molecule has 0 aromatic heterocycles. The number of rotatable bonds is 3. The van der Waals surface area contributed by atoms with E-state index >= 15 is 0 Å². The number of hydrogen-bond donors (Lipinski definition) is 0. The smallest absolute Gasteiger partial charge is 0.273 e. The summed E-state index contributed by atoms with van der Waals surface area (Å²) in [5.41, 5.74) is 1.15. The Hall–Kier alpha value is -1.29. The van der Waals surface area contributed by atoms with Crippen LogP contribution in [-0.2, 0) is 11.2 Å². The predicted octanol–water partition coefficient (Wildman–Crippen LogP) is 1.92. The van der Waals surface area contributed by atoms with Gasteiger partial charge in [-0.1, -0.05) is 42.1 Å². The van der Waals surface area contributed by atoms with Gasteiger partial charge in [-0.15, -0.1) is 0 Å². The summed E-state index contributed by atoms with van der Waals surface area (Å²) < 4.78 is 0. The van der Waals surface area contributed by atoms with Crippen LogP contribution in [0.4, 0.5) is 4.79 Å². The molecular formula is C11H11NO2S. The summed E-state index contributed by atoms with van der Waals surface area (Å²) in [7, 11) is 0. The first-order chi connectivity index (χ1) is 7.27. The van der Waals surface area contributed by atoms with Gasteiger partial charge in [0.25, 0.3) is 5.24 Å². The van der Waals surface area contributed by atoms with Gasteiger partial charge >= 0.3 is 0 Å². The van der Waals surface area contributed by atoms with Gasteiger partial charge in [0, 0.05) is 6.54 Å². The van der Waals surface area contributed by atoms with Crippen LogP contribution >= 0.6 is 11.8 Å². The standard InChI is InChI=1S/C11H11NO2S/c13-10-8-15-11(14)12(10)7-6-9-4-2-1-3-5-9/h1-5H,6-8H2. The van der Waals surface area contributed by atoms with Gasteiger partial charge in [0.15, 0.2) is 0 Å². The molecule has 2 amide bonds. The number of benzene rings is 1. The predicted molar refractivity (Wildman–Crippen MR) is 59.7 cm³/mol. The number of imide groups is 1. The number of carbonyl (C=O) groups is 2. The van der Waals surface area contributed by atoms with Gasteiger partial charge in [-0.05, 0) is 12.0 Å². The molecule has 1 saturated heterocycles. The summed E-state index contributed by atoms with van der Waals surface area (Å²) in [6.45, 7) is 0.495. The Balaban J connectivity index is 1.93. The molecule has 2 rings (SSSR count). The van der Waals surface area contributed by atoms with Gasteiger partial charge in [-0.25, -0.2) is 0 Å². The highest BCUT2D eigenvalue weighted by atomic mass is 32.2. The van der Waals surface area contributed by atoms with E-state index in [2.05, 4.69) is 0 Å². The maximum absolute atomic E-state index is 11.3. The zero-order valence-electron chi connectivity index (χ0n) is 8.18. The molecule has 78 valence electrons. The second kappa shape index (κ2) is 4.49. The van der Waals surface area contributed by atoms with E-state index in [1.165, 1.54) is 4.90 Å². The van der Waals surface area contributed by atoms with Crippen LogP contribution in [0.25, 0.3) is 0 Å². The molecule has 0 unspecified atom stereocenters. The second-order valence-electron chi connectivity index (χ2n) is 3.34. The average molecular weight is 221 g/mol. The zero-order chi connectivity index (χ0) is 10.7. The topological polar surface area (TPSA) is 37.4 Å². The molecule has 3 nitrogen and oxygen atoms in total. The Morgan fingerprint density at radius 3 is 2.53 bits per heavy atom. The lowest BCUT2D eigenvalue weighted by molar-refractivity contribution is -0.124. The molecule has 1 aromatic rings. The Labute approximate surface area is 92.5 Å². The number of thioether (sulfide) groups is 1. The molecule has 1 aromatic carbocycles. The first kappa shape index (κ1) is 10.2. The SMILES string of the molecule is O=C1CSC(=O)N1CCc1ccccc1. The average Bonchev–Trinajstić information content (AvgIpc) is 2.58. The molecule has 0 N–H and O–H groups in total. The maximum atomic E-state index is 11.3. The third-order valence-electron chi connectivity index (χ3n) is 2.31. The van der Waals surface area contributed by atoms with Gasteiger partial charge in [0.05, 0.1) is 5.75 Å².